The van der Waals surface area contributed by atoms with Crippen LogP contribution in [0.1, 0.15) is 12.8 Å². The molecule has 0 aliphatic carbocycles. The van der Waals surface area contributed by atoms with Gasteiger partial charge in [0.05, 0.1) is 12.8 Å². The lowest BCUT2D eigenvalue weighted by atomic mass is 10.4. The van der Waals surface area contributed by atoms with E-state index in [4.69, 9.17) is 0 Å². The smallest absolute Gasteiger partial charge is 0.240 e. The van der Waals surface area contributed by atoms with E-state index in [0.717, 1.165) is 4.31 Å². The van der Waals surface area contributed by atoms with E-state index in [1.54, 1.807) is 0 Å². The van der Waals surface area contributed by atoms with Crippen molar-refractivity contribution >= 4 is 24.6 Å². The van der Waals surface area contributed by atoms with Crippen molar-refractivity contribution in [1.29, 1.82) is 0 Å². The van der Waals surface area contributed by atoms with Crippen molar-refractivity contribution in [3.63, 3.8) is 0 Å². The van der Waals surface area contributed by atoms with E-state index in [1.807, 2.05) is 0 Å². The lowest BCUT2D eigenvalue weighted by molar-refractivity contribution is -0.131. The van der Waals surface area contributed by atoms with Gasteiger partial charge in [0.15, 0.2) is 0 Å². The highest BCUT2D eigenvalue weighted by atomic mass is 32.1. The third kappa shape index (κ3) is 0.709. The molecule has 1 aliphatic rings. The van der Waals surface area contributed by atoms with E-state index in [0.29, 0.717) is 12.8 Å². The van der Waals surface area contributed by atoms with Crippen LogP contribution in [0, 0.1) is 0 Å². The Kier molecular flexibility index (Phi) is 1.25. The van der Waals surface area contributed by atoms with Gasteiger partial charge < -0.3 is 0 Å². The fraction of sp³-hybridized carbons (Fsp3) is 0.500. The van der Waals surface area contributed by atoms with Gasteiger partial charge >= 0.3 is 0 Å². The molecule has 1 fully saturated rings. The molecule has 4 heteroatoms. The Bertz CT molecular complexity index is 129. The molecule has 0 atom stereocenters. The highest BCUT2D eigenvalue weighted by Gasteiger charge is 2.26. The maximum absolute atomic E-state index is 10.4. The summed E-state index contributed by atoms with van der Waals surface area (Å²) in [6.45, 7) is 0. The Balaban J connectivity index is 2.70. The summed E-state index contributed by atoms with van der Waals surface area (Å²) in [6, 6.07) is 0. The third-order valence-corrected chi connectivity index (χ3v) is 1.41. The topological polar surface area (TPSA) is 37.4 Å². The summed E-state index contributed by atoms with van der Waals surface area (Å²) in [7, 11) is 0. The summed E-state index contributed by atoms with van der Waals surface area (Å²) >= 11 is 4.38. The summed E-state index contributed by atoms with van der Waals surface area (Å²) in [5.41, 5.74) is 0. The first-order valence-electron chi connectivity index (χ1n) is 2.25. The van der Waals surface area contributed by atoms with Gasteiger partial charge in [-0.2, -0.15) is 0 Å². The number of carbonyl (C=O) groups excluding carboxylic acids is 2. The summed E-state index contributed by atoms with van der Waals surface area (Å²) in [6.07, 6.45) is 0.588. The molecule has 1 saturated heterocycles. The van der Waals surface area contributed by atoms with Gasteiger partial charge in [0, 0.05) is 12.8 Å². The van der Waals surface area contributed by atoms with E-state index in [2.05, 4.69) is 12.8 Å². The molecule has 0 aromatic carbocycles. The number of hydrogen-bond donors (Lipinski definition) is 0. The average Bonchev–Trinajstić information content (AvgIpc) is 1.98. The molecule has 0 saturated carbocycles. The van der Waals surface area contributed by atoms with Crippen LogP contribution in [0.3, 0.4) is 0 Å². The van der Waals surface area contributed by atoms with Crippen LogP contribution in [0.5, 0.6) is 0 Å². The quantitative estimate of drug-likeness (QED) is 0.441. The van der Waals surface area contributed by atoms with E-state index in [1.165, 1.54) is 0 Å². The monoisotopic (exact) mass is 130 g/mol. The Morgan fingerprint density at radius 1 is 1.25 bits per heavy atom. The Hall–Kier alpha value is -0.510. The summed E-state index contributed by atoms with van der Waals surface area (Å²) in [4.78, 5) is 20.8. The largest absolute Gasteiger partial charge is 0.273 e. The minimum absolute atomic E-state index is 0.245. The summed E-state index contributed by atoms with van der Waals surface area (Å²) < 4.78 is 0.750. The Labute approximate surface area is 52.2 Å². The number of carbonyl (C=O) groups is 2. The van der Waals surface area contributed by atoms with Crippen molar-refractivity contribution in [1.82, 2.24) is 4.31 Å². The molecule has 0 aromatic rings. The van der Waals surface area contributed by atoms with Crippen LogP contribution in [0.4, 0.5) is 0 Å². The molecule has 1 heterocycles. The van der Waals surface area contributed by atoms with Crippen molar-refractivity contribution in [2.24, 2.45) is 0 Å². The lowest BCUT2D eigenvalue weighted by Gasteiger charge is -1.97. The van der Waals surface area contributed by atoms with Crippen LogP contribution in [0.25, 0.3) is 0 Å². The van der Waals surface area contributed by atoms with Crippen LogP contribution in [0.15, 0.2) is 0 Å². The normalized spacial score (nSPS) is 20.4. The molecule has 43 valence electrons. The second kappa shape index (κ2) is 1.78. The predicted molar refractivity (Wildman–Crippen MR) is 28.7 cm³/mol. The number of hydrogen-bond acceptors (Lipinski definition) is 2. The first-order chi connectivity index (χ1) is 3.72. The molecule has 1 radical (unpaired) electrons. The molecule has 2 amide bonds. The molecule has 0 N–H and O–H groups in total. The van der Waals surface area contributed by atoms with E-state index >= 15 is 0 Å². The minimum atomic E-state index is -0.245. The van der Waals surface area contributed by atoms with Gasteiger partial charge in [-0.3, -0.25) is 9.59 Å². The van der Waals surface area contributed by atoms with Crippen LogP contribution >= 0.6 is 12.8 Å². The van der Waals surface area contributed by atoms with Crippen LogP contribution < -0.4 is 0 Å². The predicted octanol–water partition coefficient (Wildman–Crippen LogP) is 0.248. The molecule has 1 aliphatic heterocycles. The van der Waals surface area contributed by atoms with Crippen molar-refractivity contribution in [3.8, 4) is 0 Å². The van der Waals surface area contributed by atoms with E-state index in [9.17, 15) is 9.59 Å². The minimum Gasteiger partial charge on any atom is -0.273 e. The molecule has 1 rings (SSSR count). The van der Waals surface area contributed by atoms with Gasteiger partial charge in [0.2, 0.25) is 11.8 Å². The lowest BCUT2D eigenvalue weighted by Crippen LogP contribution is -2.17. The molecular weight excluding hydrogens is 126 g/mol. The zero-order valence-corrected chi connectivity index (χ0v) is 4.90. The number of amides is 2. The Morgan fingerprint density at radius 3 is 1.75 bits per heavy atom. The molecule has 0 bridgehead atoms. The van der Waals surface area contributed by atoms with Crippen molar-refractivity contribution in [2.45, 2.75) is 12.8 Å². The first kappa shape index (κ1) is 5.62. The summed E-state index contributed by atoms with van der Waals surface area (Å²) in [5, 5.41) is 0. The Morgan fingerprint density at radius 2 is 1.62 bits per heavy atom. The molecular formula is C4H4NO2S. The standard InChI is InChI=1S/C4H4NO2S/c6-3-1-2-4(7)5(3)8/h1-2H2. The highest BCUT2D eigenvalue weighted by Crippen LogP contribution is 2.12. The molecule has 3 nitrogen and oxygen atoms in total. The second-order valence-corrected chi connectivity index (χ2v) is 1.95. The number of imide groups is 1. The van der Waals surface area contributed by atoms with Gasteiger partial charge in [0.25, 0.3) is 0 Å². The van der Waals surface area contributed by atoms with Crippen molar-refractivity contribution in [3.05, 3.63) is 0 Å². The highest BCUT2D eigenvalue weighted by molar-refractivity contribution is 7.79. The van der Waals surface area contributed by atoms with E-state index in [-0.39, 0.29) is 11.8 Å². The zero-order chi connectivity index (χ0) is 6.15. The van der Waals surface area contributed by atoms with Crippen LogP contribution in [-0.4, -0.2) is 16.1 Å². The fourth-order valence-electron chi connectivity index (χ4n) is 0.556. The van der Waals surface area contributed by atoms with Crippen molar-refractivity contribution < 1.29 is 9.59 Å². The van der Waals surface area contributed by atoms with Gasteiger partial charge in [-0.25, -0.2) is 4.31 Å². The van der Waals surface area contributed by atoms with Gasteiger partial charge in [0.1, 0.15) is 0 Å². The molecule has 0 spiro atoms. The van der Waals surface area contributed by atoms with Gasteiger partial charge in [-0.05, 0) is 0 Å². The zero-order valence-electron chi connectivity index (χ0n) is 4.09. The van der Waals surface area contributed by atoms with E-state index < -0.39 is 0 Å². The van der Waals surface area contributed by atoms with Gasteiger partial charge in [-0.15, -0.1) is 0 Å². The SMILES string of the molecule is O=C1CCC(=O)N1[S]. The van der Waals surface area contributed by atoms with Crippen LogP contribution in [0.2, 0.25) is 0 Å². The third-order valence-electron chi connectivity index (χ3n) is 1.01. The van der Waals surface area contributed by atoms with Crippen molar-refractivity contribution in [2.75, 3.05) is 0 Å². The molecule has 8 heavy (non-hydrogen) atoms. The average molecular weight is 130 g/mol. The number of nitrogens with zero attached hydrogens (tertiary/aromatic N) is 1. The molecule has 0 aromatic heterocycles. The fourth-order valence-corrected chi connectivity index (χ4v) is 0.739. The first-order valence-corrected chi connectivity index (χ1v) is 2.61. The summed E-state index contributed by atoms with van der Waals surface area (Å²) in [5.74, 6) is -0.491. The van der Waals surface area contributed by atoms with Crippen LogP contribution in [-0.2, 0) is 9.59 Å². The maximum Gasteiger partial charge on any atom is 0.240 e. The second-order valence-electron chi connectivity index (χ2n) is 1.58. The molecule has 0 unspecified atom stereocenters. The number of rotatable bonds is 0. The maximum atomic E-state index is 10.4. The van der Waals surface area contributed by atoms with Gasteiger partial charge in [-0.1, -0.05) is 0 Å².